The van der Waals surface area contributed by atoms with E-state index in [-0.39, 0.29) is 0 Å². The molecule has 0 atom stereocenters. The zero-order chi connectivity index (χ0) is 43.7. The van der Waals surface area contributed by atoms with E-state index >= 15 is 0 Å². The Morgan fingerprint density at radius 2 is 0.466 bits per heavy atom. The van der Waals surface area contributed by atoms with E-state index in [1.165, 1.54) is 111 Å². The Labute approximate surface area is 355 Å². The molecule has 7 aromatic rings. The first-order valence-electron chi connectivity index (χ1n) is 20.9. The fourth-order valence-electron chi connectivity index (χ4n) is 6.50. The summed E-state index contributed by atoms with van der Waals surface area (Å²) in [6.45, 7) is 38.8. The molecule has 0 nitrogen and oxygen atoms in total. The second-order valence-electron chi connectivity index (χ2n) is 16.4. The van der Waals surface area contributed by atoms with Crippen LogP contribution < -0.4 is 0 Å². The molecular formula is C58H74. The second-order valence-corrected chi connectivity index (χ2v) is 16.4. The van der Waals surface area contributed by atoms with E-state index in [4.69, 9.17) is 0 Å². The minimum atomic E-state index is 1.33. The van der Waals surface area contributed by atoms with E-state index in [9.17, 15) is 0 Å². The zero-order valence-electron chi connectivity index (χ0n) is 39.5. The van der Waals surface area contributed by atoms with Crippen molar-refractivity contribution in [2.45, 2.75) is 125 Å². The van der Waals surface area contributed by atoms with E-state index in [1.807, 2.05) is 0 Å². The standard InChI is InChI=1S/C12H12.C12H18.C10H14.3C8H10/c1-9-7-8-10(2)12-6-4-3-5-11(9)12;1-7-8(2)10(4)12(6)11(5)9(7)3;1-7-5-9(3)10(4)6-8(7)2;1-7-3-5-8(2)6-4-7;1-7-4-3-5-8(2)6-7;1-7-5-3-4-6-8(7)2/h3-8H,1-2H3;1-6H3;5-6H,1-4H3;3*3-6H,1-2H3. The van der Waals surface area contributed by atoms with Gasteiger partial charge in [0, 0.05) is 0 Å². The third-order valence-electron chi connectivity index (χ3n) is 11.7. The van der Waals surface area contributed by atoms with Crippen molar-refractivity contribution < 1.29 is 0 Å². The minimum absolute atomic E-state index is 1.33. The van der Waals surface area contributed by atoms with Gasteiger partial charge in [-0.15, -0.1) is 0 Å². The van der Waals surface area contributed by atoms with Gasteiger partial charge in [0.25, 0.3) is 0 Å². The van der Waals surface area contributed by atoms with Crippen molar-refractivity contribution in [2.75, 3.05) is 0 Å². The Morgan fingerprint density at radius 3 is 0.707 bits per heavy atom. The SMILES string of the molecule is Cc1c(C)c(C)c(C)c(C)c1C.Cc1cc(C)c(C)cc1C.Cc1ccc(C)c2ccccc12.Cc1ccc(C)cc1.Cc1cccc(C)c1.Cc1ccccc1C. The molecule has 0 aromatic heterocycles. The van der Waals surface area contributed by atoms with Crippen molar-refractivity contribution in [3.05, 3.63) is 221 Å². The van der Waals surface area contributed by atoms with Crippen LogP contribution in [0.4, 0.5) is 0 Å². The van der Waals surface area contributed by atoms with E-state index < -0.39 is 0 Å². The largest absolute Gasteiger partial charge is 0.0620 e. The molecule has 0 aliphatic heterocycles. The molecule has 0 aliphatic rings. The van der Waals surface area contributed by atoms with Crippen LogP contribution >= 0.6 is 0 Å². The molecule has 0 fully saturated rings. The van der Waals surface area contributed by atoms with Crippen LogP contribution in [0.3, 0.4) is 0 Å². The molecule has 0 aliphatic carbocycles. The zero-order valence-corrected chi connectivity index (χ0v) is 39.5. The maximum atomic E-state index is 2.24. The molecule has 0 saturated carbocycles. The first-order chi connectivity index (χ1) is 27.2. The molecule has 0 bridgehead atoms. The highest BCUT2D eigenvalue weighted by Crippen LogP contribution is 2.25. The van der Waals surface area contributed by atoms with Gasteiger partial charge in [0.2, 0.25) is 0 Å². The van der Waals surface area contributed by atoms with Gasteiger partial charge in [0.05, 0.1) is 0 Å². The Hall–Kier alpha value is -5.20. The normalized spacial score (nSPS) is 9.90. The van der Waals surface area contributed by atoms with Crippen molar-refractivity contribution in [3.63, 3.8) is 0 Å². The molecular weight excluding hydrogens is 697 g/mol. The summed E-state index contributed by atoms with van der Waals surface area (Å²) in [5, 5.41) is 2.75. The molecule has 0 heteroatoms. The van der Waals surface area contributed by atoms with Crippen LogP contribution in [0.15, 0.2) is 121 Å². The summed E-state index contributed by atoms with van der Waals surface area (Å²) < 4.78 is 0. The first kappa shape index (κ1) is 48.9. The number of rotatable bonds is 0. The Balaban J connectivity index is 0.000000242. The van der Waals surface area contributed by atoms with E-state index in [0.717, 1.165) is 0 Å². The molecule has 0 radical (unpaired) electrons. The van der Waals surface area contributed by atoms with Gasteiger partial charge in [0.1, 0.15) is 0 Å². The molecule has 0 amide bonds. The van der Waals surface area contributed by atoms with Gasteiger partial charge in [-0.05, 0) is 213 Å². The fraction of sp³-hybridized carbons (Fsp3) is 0.310. The molecule has 0 N–H and O–H groups in total. The molecule has 7 aromatic carbocycles. The molecule has 7 rings (SSSR count). The highest BCUT2D eigenvalue weighted by molar-refractivity contribution is 5.88. The van der Waals surface area contributed by atoms with Crippen molar-refractivity contribution in [1.82, 2.24) is 0 Å². The van der Waals surface area contributed by atoms with E-state index in [0.29, 0.717) is 0 Å². The summed E-state index contributed by atoms with van der Waals surface area (Å²) in [7, 11) is 0. The van der Waals surface area contributed by atoms with Crippen molar-refractivity contribution in [2.24, 2.45) is 0 Å². The maximum Gasteiger partial charge on any atom is -0.0152 e. The van der Waals surface area contributed by atoms with Gasteiger partial charge in [-0.3, -0.25) is 0 Å². The lowest BCUT2D eigenvalue weighted by Gasteiger charge is -2.15. The summed E-state index contributed by atoms with van der Waals surface area (Å²) in [5.74, 6) is 0. The van der Waals surface area contributed by atoms with Gasteiger partial charge >= 0.3 is 0 Å². The lowest BCUT2D eigenvalue weighted by Crippen LogP contribution is -1.98. The van der Waals surface area contributed by atoms with Crippen molar-refractivity contribution in [3.8, 4) is 0 Å². The second kappa shape index (κ2) is 23.9. The van der Waals surface area contributed by atoms with Crippen molar-refractivity contribution >= 4 is 10.8 Å². The predicted molar refractivity (Wildman–Crippen MR) is 261 cm³/mol. The summed E-state index contributed by atoms with van der Waals surface area (Å²) >= 11 is 0. The summed E-state index contributed by atoms with van der Waals surface area (Å²) in [4.78, 5) is 0. The van der Waals surface area contributed by atoms with Crippen molar-refractivity contribution in [1.29, 1.82) is 0 Å². The van der Waals surface area contributed by atoms with Crippen LogP contribution in [0, 0.1) is 125 Å². The smallest absolute Gasteiger partial charge is 0.0152 e. The first-order valence-corrected chi connectivity index (χ1v) is 20.9. The van der Waals surface area contributed by atoms with Gasteiger partial charge in [-0.2, -0.15) is 0 Å². The van der Waals surface area contributed by atoms with Crippen LogP contribution in [0.25, 0.3) is 10.8 Å². The monoisotopic (exact) mass is 771 g/mol. The molecule has 306 valence electrons. The molecule has 0 unspecified atom stereocenters. The lowest BCUT2D eigenvalue weighted by atomic mass is 9.90. The van der Waals surface area contributed by atoms with Gasteiger partial charge < -0.3 is 0 Å². The molecule has 0 heterocycles. The quantitative estimate of drug-likeness (QED) is 0.144. The number of hydrogen-bond acceptors (Lipinski definition) is 0. The summed E-state index contributed by atoms with van der Waals surface area (Å²) in [6, 6.07) is 42.7. The number of hydrogen-bond donors (Lipinski definition) is 0. The van der Waals surface area contributed by atoms with Crippen LogP contribution in [-0.4, -0.2) is 0 Å². The fourth-order valence-corrected chi connectivity index (χ4v) is 6.50. The van der Waals surface area contributed by atoms with Crippen LogP contribution in [0.5, 0.6) is 0 Å². The Kier molecular flexibility index (Phi) is 20.2. The average Bonchev–Trinajstić information content (AvgIpc) is 3.20. The summed E-state index contributed by atoms with van der Waals surface area (Å²) in [5.41, 5.74) is 25.1. The van der Waals surface area contributed by atoms with Crippen LogP contribution in [0.2, 0.25) is 0 Å². The lowest BCUT2D eigenvalue weighted by molar-refractivity contribution is 1.13. The topological polar surface area (TPSA) is 0 Å². The highest BCUT2D eigenvalue weighted by Gasteiger charge is 2.07. The third-order valence-corrected chi connectivity index (χ3v) is 11.7. The maximum absolute atomic E-state index is 2.24. The molecule has 0 saturated heterocycles. The van der Waals surface area contributed by atoms with Gasteiger partial charge in [-0.25, -0.2) is 0 Å². The van der Waals surface area contributed by atoms with E-state index in [1.54, 1.807) is 0 Å². The number of fused-ring (bicyclic) bond motifs is 1. The molecule has 0 spiro atoms. The van der Waals surface area contributed by atoms with Gasteiger partial charge in [0.15, 0.2) is 0 Å². The number of aryl methyl sites for hydroxylation is 12. The highest BCUT2D eigenvalue weighted by atomic mass is 14.1. The Morgan fingerprint density at radius 1 is 0.190 bits per heavy atom. The summed E-state index contributed by atoms with van der Waals surface area (Å²) in [6.07, 6.45) is 0. The van der Waals surface area contributed by atoms with Crippen LogP contribution in [0.1, 0.15) is 100 Å². The van der Waals surface area contributed by atoms with Gasteiger partial charge in [-0.1, -0.05) is 144 Å². The molecule has 58 heavy (non-hydrogen) atoms. The predicted octanol–water partition coefficient (Wildman–Crippen LogP) is 16.8. The minimum Gasteiger partial charge on any atom is -0.0620 e. The average molecular weight is 771 g/mol. The van der Waals surface area contributed by atoms with Crippen LogP contribution in [-0.2, 0) is 0 Å². The third kappa shape index (κ3) is 15.6. The van der Waals surface area contributed by atoms with E-state index in [2.05, 4.69) is 246 Å². The Bertz CT molecular complexity index is 2090. The number of benzene rings is 7.